The van der Waals surface area contributed by atoms with Gasteiger partial charge in [0.1, 0.15) is 11.5 Å². The van der Waals surface area contributed by atoms with Crippen LogP contribution in [0.25, 0.3) is 10.8 Å². The molecule has 4 rings (SSSR count). The molecule has 34 heavy (non-hydrogen) atoms. The highest BCUT2D eigenvalue weighted by molar-refractivity contribution is 6.42. The molecule has 0 heterocycles. The molecule has 0 unspecified atom stereocenters. The van der Waals surface area contributed by atoms with Gasteiger partial charge in [-0.1, -0.05) is 53.5 Å². The van der Waals surface area contributed by atoms with Gasteiger partial charge in [0.15, 0.2) is 0 Å². The number of carbonyl (C=O) groups is 2. The number of rotatable bonds is 6. The van der Waals surface area contributed by atoms with Crippen LogP contribution in [0.3, 0.4) is 0 Å². The van der Waals surface area contributed by atoms with Crippen LogP contribution < -0.4 is 14.9 Å². The van der Waals surface area contributed by atoms with Crippen molar-refractivity contribution in [1.29, 1.82) is 0 Å². The number of hydrogen-bond donors (Lipinski definition) is 1. The number of amides is 1. The number of ether oxygens (including phenoxy) is 2. The van der Waals surface area contributed by atoms with Crippen molar-refractivity contribution < 1.29 is 19.1 Å². The van der Waals surface area contributed by atoms with Crippen molar-refractivity contribution >= 4 is 52.1 Å². The number of hydrogen-bond acceptors (Lipinski definition) is 5. The molecule has 0 bridgehead atoms. The van der Waals surface area contributed by atoms with E-state index in [2.05, 4.69) is 10.5 Å². The first-order valence-corrected chi connectivity index (χ1v) is 10.9. The Morgan fingerprint density at radius 1 is 0.882 bits per heavy atom. The van der Waals surface area contributed by atoms with Gasteiger partial charge in [-0.25, -0.2) is 10.2 Å². The molecule has 0 aliphatic rings. The molecule has 1 N–H and O–H groups in total. The zero-order chi connectivity index (χ0) is 24.1. The van der Waals surface area contributed by atoms with Crippen molar-refractivity contribution in [1.82, 2.24) is 5.43 Å². The summed E-state index contributed by atoms with van der Waals surface area (Å²) in [6, 6.07) is 22.2. The van der Waals surface area contributed by atoms with Gasteiger partial charge in [0, 0.05) is 11.1 Å². The second-order valence-corrected chi connectivity index (χ2v) is 7.96. The van der Waals surface area contributed by atoms with Crippen LogP contribution in [0.5, 0.6) is 11.5 Å². The highest BCUT2D eigenvalue weighted by atomic mass is 35.5. The first-order chi connectivity index (χ1) is 16.5. The summed E-state index contributed by atoms with van der Waals surface area (Å²) in [7, 11) is 1.55. The van der Waals surface area contributed by atoms with Crippen molar-refractivity contribution in [2.24, 2.45) is 5.10 Å². The topological polar surface area (TPSA) is 77.0 Å². The highest BCUT2D eigenvalue weighted by Crippen LogP contribution is 2.28. The molecule has 0 spiro atoms. The van der Waals surface area contributed by atoms with Crippen molar-refractivity contribution in [3.63, 3.8) is 0 Å². The van der Waals surface area contributed by atoms with E-state index in [1.54, 1.807) is 43.5 Å². The minimum atomic E-state index is -0.535. The van der Waals surface area contributed by atoms with Crippen LogP contribution in [-0.4, -0.2) is 25.2 Å². The average Bonchev–Trinajstić information content (AvgIpc) is 2.86. The summed E-state index contributed by atoms with van der Waals surface area (Å²) in [5.41, 5.74) is 3.66. The molecule has 170 valence electrons. The molecule has 0 saturated carbocycles. The standard InChI is InChI=1S/C26H18Cl2N2O4/c1-33-19-10-6-17(7-11-19)26(32)34-24-13-9-16-4-2-3-5-20(16)21(24)15-29-30-25(31)18-8-12-22(27)23(28)14-18/h2-15H,1H3,(H,30,31). The van der Waals surface area contributed by atoms with Gasteiger partial charge in [-0.15, -0.1) is 0 Å². The van der Waals surface area contributed by atoms with Crippen molar-refractivity contribution in [2.75, 3.05) is 7.11 Å². The maximum atomic E-state index is 12.7. The lowest BCUT2D eigenvalue weighted by molar-refractivity contribution is 0.0734. The summed E-state index contributed by atoms with van der Waals surface area (Å²) in [5, 5.41) is 6.41. The Morgan fingerprint density at radius 2 is 1.62 bits per heavy atom. The summed E-state index contributed by atoms with van der Waals surface area (Å²) < 4.78 is 10.8. The Bertz CT molecular complexity index is 1400. The van der Waals surface area contributed by atoms with Crippen LogP contribution in [0.4, 0.5) is 0 Å². The number of nitrogens with one attached hydrogen (secondary N) is 1. The molecule has 0 fully saturated rings. The fourth-order valence-corrected chi connectivity index (χ4v) is 3.54. The molecule has 1 amide bonds. The maximum Gasteiger partial charge on any atom is 0.343 e. The van der Waals surface area contributed by atoms with E-state index < -0.39 is 11.9 Å². The summed E-state index contributed by atoms with van der Waals surface area (Å²) in [5.74, 6) is -0.0703. The van der Waals surface area contributed by atoms with Crippen molar-refractivity contribution in [3.8, 4) is 11.5 Å². The van der Waals surface area contributed by atoms with E-state index in [1.165, 1.54) is 18.3 Å². The van der Waals surface area contributed by atoms with Gasteiger partial charge >= 0.3 is 5.97 Å². The van der Waals surface area contributed by atoms with E-state index >= 15 is 0 Å². The van der Waals surface area contributed by atoms with E-state index in [-0.39, 0.29) is 5.02 Å². The number of halogens is 2. The largest absolute Gasteiger partial charge is 0.497 e. The van der Waals surface area contributed by atoms with Crippen LogP contribution in [-0.2, 0) is 0 Å². The number of nitrogens with zero attached hydrogens (tertiary/aromatic N) is 1. The normalized spacial score (nSPS) is 10.9. The zero-order valence-electron chi connectivity index (χ0n) is 17.9. The molecule has 4 aromatic carbocycles. The Kier molecular flexibility index (Phi) is 7.11. The van der Waals surface area contributed by atoms with E-state index in [9.17, 15) is 9.59 Å². The highest BCUT2D eigenvalue weighted by Gasteiger charge is 2.14. The van der Waals surface area contributed by atoms with Crippen LogP contribution in [0.1, 0.15) is 26.3 Å². The van der Waals surface area contributed by atoms with Crippen molar-refractivity contribution in [3.05, 3.63) is 106 Å². The van der Waals surface area contributed by atoms with Crippen LogP contribution in [0.15, 0.2) is 84.0 Å². The Labute approximate surface area is 205 Å². The van der Waals surface area contributed by atoms with Gasteiger partial charge < -0.3 is 9.47 Å². The minimum absolute atomic E-state index is 0.264. The molecular formula is C26H18Cl2N2O4. The smallest absolute Gasteiger partial charge is 0.343 e. The van der Waals surface area contributed by atoms with Gasteiger partial charge in [-0.05, 0) is 59.3 Å². The van der Waals surface area contributed by atoms with Crippen LogP contribution in [0, 0.1) is 0 Å². The molecule has 6 nitrogen and oxygen atoms in total. The van der Waals surface area contributed by atoms with Gasteiger partial charge in [-0.3, -0.25) is 4.79 Å². The van der Waals surface area contributed by atoms with E-state index in [0.29, 0.717) is 33.2 Å². The maximum absolute atomic E-state index is 12.7. The number of hydrazone groups is 1. The first-order valence-electron chi connectivity index (χ1n) is 10.1. The van der Waals surface area contributed by atoms with Gasteiger partial charge in [0.2, 0.25) is 0 Å². The Balaban J connectivity index is 1.61. The fourth-order valence-electron chi connectivity index (χ4n) is 3.24. The van der Waals surface area contributed by atoms with Gasteiger partial charge in [-0.2, -0.15) is 5.10 Å². The molecule has 0 saturated heterocycles. The van der Waals surface area contributed by atoms with Crippen LogP contribution in [0.2, 0.25) is 10.0 Å². The predicted molar refractivity (Wildman–Crippen MR) is 133 cm³/mol. The minimum Gasteiger partial charge on any atom is -0.497 e. The summed E-state index contributed by atoms with van der Waals surface area (Å²) in [6.07, 6.45) is 1.44. The van der Waals surface area contributed by atoms with Crippen molar-refractivity contribution in [2.45, 2.75) is 0 Å². The number of carbonyl (C=O) groups excluding carboxylic acids is 2. The molecule has 0 aromatic heterocycles. The van der Waals surface area contributed by atoms with Crippen LogP contribution >= 0.6 is 23.2 Å². The number of fused-ring (bicyclic) bond motifs is 1. The van der Waals surface area contributed by atoms with Gasteiger partial charge in [0.05, 0.1) is 28.9 Å². The second-order valence-electron chi connectivity index (χ2n) is 7.14. The van der Waals surface area contributed by atoms with Gasteiger partial charge in [0.25, 0.3) is 5.91 Å². The van der Waals surface area contributed by atoms with E-state index in [1.807, 2.05) is 30.3 Å². The second kappa shape index (κ2) is 10.4. The number of esters is 1. The van der Waals surface area contributed by atoms with E-state index in [0.717, 1.165) is 10.8 Å². The fraction of sp³-hybridized carbons (Fsp3) is 0.0385. The number of methoxy groups -OCH3 is 1. The predicted octanol–water partition coefficient (Wildman–Crippen LogP) is 6.14. The lowest BCUT2D eigenvalue weighted by Gasteiger charge is -2.11. The summed E-state index contributed by atoms with van der Waals surface area (Å²) in [6.45, 7) is 0. The molecule has 0 atom stereocenters. The molecule has 0 aliphatic heterocycles. The number of benzene rings is 4. The lowest BCUT2D eigenvalue weighted by atomic mass is 10.0. The average molecular weight is 493 g/mol. The molecule has 0 aliphatic carbocycles. The third-order valence-electron chi connectivity index (χ3n) is 5.00. The molecule has 4 aromatic rings. The molecular weight excluding hydrogens is 475 g/mol. The third kappa shape index (κ3) is 5.20. The summed E-state index contributed by atoms with van der Waals surface area (Å²) >= 11 is 11.9. The Morgan fingerprint density at radius 3 is 2.35 bits per heavy atom. The SMILES string of the molecule is COc1ccc(C(=O)Oc2ccc3ccccc3c2C=NNC(=O)c2ccc(Cl)c(Cl)c2)cc1. The lowest BCUT2D eigenvalue weighted by Crippen LogP contribution is -2.17. The Hall–Kier alpha value is -3.87. The quantitative estimate of drug-likeness (QED) is 0.152. The monoisotopic (exact) mass is 492 g/mol. The molecule has 0 radical (unpaired) electrons. The summed E-state index contributed by atoms with van der Waals surface area (Å²) in [4.78, 5) is 25.2. The first kappa shape index (κ1) is 23.3. The zero-order valence-corrected chi connectivity index (χ0v) is 19.4. The third-order valence-corrected chi connectivity index (χ3v) is 5.74. The van der Waals surface area contributed by atoms with E-state index in [4.69, 9.17) is 32.7 Å². The molecule has 8 heteroatoms.